The summed E-state index contributed by atoms with van der Waals surface area (Å²) in [5.41, 5.74) is 0. The number of aliphatic hydroxyl groups excluding tert-OH is 1. The molecule has 0 heterocycles. The van der Waals surface area contributed by atoms with Crippen LogP contribution in [-0.2, 0) is 0 Å². The van der Waals surface area contributed by atoms with Crippen LogP contribution in [0.25, 0.3) is 0 Å². The van der Waals surface area contributed by atoms with Gasteiger partial charge in [-0.25, -0.2) is 0 Å². The van der Waals surface area contributed by atoms with E-state index in [0.29, 0.717) is 11.7 Å². The number of hydrogen-bond donors (Lipinski definition) is 1. The van der Waals surface area contributed by atoms with E-state index in [4.69, 9.17) is 0 Å². The highest BCUT2D eigenvalue weighted by molar-refractivity contribution is 7.99. The van der Waals surface area contributed by atoms with Crippen LogP contribution in [0.4, 0.5) is 0 Å². The van der Waals surface area contributed by atoms with E-state index >= 15 is 0 Å². The molecule has 2 atom stereocenters. The molecule has 0 amide bonds. The molecule has 0 saturated carbocycles. The highest BCUT2D eigenvalue weighted by Gasteiger charge is 2.04. The lowest BCUT2D eigenvalue weighted by atomic mass is 10.3. The normalized spacial score (nSPS) is 15.9. The highest BCUT2D eigenvalue weighted by atomic mass is 32.2. The Morgan fingerprint density at radius 1 is 1.64 bits per heavy atom. The maximum absolute atomic E-state index is 9.30. The number of hydrogen-bond acceptors (Lipinski definition) is 2. The first kappa shape index (κ1) is 11.1. The summed E-state index contributed by atoms with van der Waals surface area (Å²) < 4.78 is 0. The lowest BCUT2D eigenvalue weighted by molar-refractivity contribution is 0.203. The third-order valence-corrected chi connectivity index (χ3v) is 3.07. The van der Waals surface area contributed by atoms with Crippen LogP contribution in [0.3, 0.4) is 0 Å². The molecule has 0 rings (SSSR count). The fourth-order valence-corrected chi connectivity index (χ4v) is 1.58. The largest absolute Gasteiger partial charge is 0.392 e. The van der Waals surface area contributed by atoms with Crippen molar-refractivity contribution in [2.24, 2.45) is 0 Å². The van der Waals surface area contributed by atoms with Crippen molar-refractivity contribution in [2.45, 2.75) is 38.0 Å². The molecule has 0 aromatic rings. The van der Waals surface area contributed by atoms with Crippen LogP contribution < -0.4 is 0 Å². The second kappa shape index (κ2) is 6.74. The van der Waals surface area contributed by atoms with Crippen molar-refractivity contribution < 1.29 is 5.11 Å². The Bertz CT molecular complexity index is 104. The summed E-state index contributed by atoms with van der Waals surface area (Å²) in [5.74, 6) is 0.834. The first-order chi connectivity index (χ1) is 5.20. The van der Waals surface area contributed by atoms with Gasteiger partial charge in [0, 0.05) is 11.0 Å². The molecule has 0 aromatic carbocycles. The molecule has 0 aromatic heterocycles. The molecule has 0 saturated heterocycles. The first-order valence-electron chi connectivity index (χ1n) is 4.11. The summed E-state index contributed by atoms with van der Waals surface area (Å²) >= 11 is 1.83. The maximum Gasteiger partial charge on any atom is 0.0664 e. The van der Waals surface area contributed by atoms with Crippen LogP contribution in [-0.4, -0.2) is 22.2 Å². The fraction of sp³-hybridized carbons (Fsp3) is 0.778. The van der Waals surface area contributed by atoms with Gasteiger partial charge in [-0.05, 0) is 12.8 Å². The molecular formula is C9H18OS. The predicted octanol–water partition coefficient (Wildman–Crippen LogP) is 2.46. The molecule has 0 fully saturated rings. The van der Waals surface area contributed by atoms with Crippen molar-refractivity contribution in [3.05, 3.63) is 12.7 Å². The molecule has 11 heavy (non-hydrogen) atoms. The predicted molar refractivity (Wildman–Crippen MR) is 53.0 cm³/mol. The number of aliphatic hydroxyl groups is 1. The molecule has 0 spiro atoms. The lowest BCUT2D eigenvalue weighted by Gasteiger charge is -2.11. The van der Waals surface area contributed by atoms with Crippen LogP contribution in [0, 0.1) is 0 Å². The molecule has 2 heteroatoms. The summed E-state index contributed by atoms with van der Waals surface area (Å²) in [6.45, 7) is 7.93. The molecule has 66 valence electrons. The Labute approximate surface area is 73.9 Å². The Kier molecular flexibility index (Phi) is 6.77. The van der Waals surface area contributed by atoms with Crippen LogP contribution in [0.5, 0.6) is 0 Å². The van der Waals surface area contributed by atoms with Gasteiger partial charge in [0.25, 0.3) is 0 Å². The molecule has 0 aliphatic heterocycles. The molecule has 1 N–H and O–H groups in total. The molecule has 0 radical (unpaired) electrons. The quantitative estimate of drug-likeness (QED) is 0.624. The van der Waals surface area contributed by atoms with Gasteiger partial charge in [0.1, 0.15) is 0 Å². The van der Waals surface area contributed by atoms with E-state index in [0.717, 1.165) is 5.75 Å². The van der Waals surface area contributed by atoms with E-state index in [1.807, 2.05) is 11.8 Å². The minimum absolute atomic E-state index is 0.202. The smallest absolute Gasteiger partial charge is 0.0664 e. The molecule has 0 aliphatic rings. The zero-order valence-corrected chi connectivity index (χ0v) is 8.23. The first-order valence-corrected chi connectivity index (χ1v) is 5.16. The number of rotatable bonds is 6. The van der Waals surface area contributed by atoms with E-state index in [1.165, 1.54) is 6.42 Å². The minimum atomic E-state index is -0.202. The van der Waals surface area contributed by atoms with Crippen LogP contribution in [0.15, 0.2) is 12.7 Å². The average Bonchev–Trinajstić information content (AvgIpc) is 2.01. The number of thioether (sulfide) groups is 1. The van der Waals surface area contributed by atoms with Crippen molar-refractivity contribution in [2.75, 3.05) is 5.75 Å². The summed E-state index contributed by atoms with van der Waals surface area (Å²) in [7, 11) is 0. The zero-order chi connectivity index (χ0) is 8.69. The van der Waals surface area contributed by atoms with Gasteiger partial charge in [0.15, 0.2) is 0 Å². The summed E-state index contributed by atoms with van der Waals surface area (Å²) in [6.07, 6.45) is 3.45. The lowest BCUT2D eigenvalue weighted by Crippen LogP contribution is -2.10. The molecule has 1 nitrogen and oxygen atoms in total. The van der Waals surface area contributed by atoms with Gasteiger partial charge >= 0.3 is 0 Å². The molecule has 2 unspecified atom stereocenters. The van der Waals surface area contributed by atoms with Gasteiger partial charge in [0.05, 0.1) is 6.10 Å². The van der Waals surface area contributed by atoms with Crippen molar-refractivity contribution in [1.29, 1.82) is 0 Å². The van der Waals surface area contributed by atoms with Gasteiger partial charge in [-0.1, -0.05) is 19.9 Å². The fourth-order valence-electron chi connectivity index (χ4n) is 0.654. The van der Waals surface area contributed by atoms with E-state index in [-0.39, 0.29) is 6.10 Å². The van der Waals surface area contributed by atoms with E-state index in [1.54, 1.807) is 6.08 Å². The highest BCUT2D eigenvalue weighted by Crippen LogP contribution is 2.15. The maximum atomic E-state index is 9.30. The topological polar surface area (TPSA) is 20.2 Å². The van der Waals surface area contributed by atoms with E-state index < -0.39 is 0 Å². The molecule has 0 aliphatic carbocycles. The average molecular weight is 174 g/mol. The van der Waals surface area contributed by atoms with Gasteiger partial charge in [0.2, 0.25) is 0 Å². The van der Waals surface area contributed by atoms with Crippen molar-refractivity contribution in [3.63, 3.8) is 0 Å². The van der Waals surface area contributed by atoms with E-state index in [9.17, 15) is 5.11 Å². The summed E-state index contributed by atoms with van der Waals surface area (Å²) in [5, 5.41) is 9.96. The van der Waals surface area contributed by atoms with Gasteiger partial charge in [-0.15, -0.1) is 6.58 Å². The third kappa shape index (κ3) is 6.45. The van der Waals surface area contributed by atoms with Gasteiger partial charge < -0.3 is 5.11 Å². The van der Waals surface area contributed by atoms with Gasteiger partial charge in [-0.3, -0.25) is 0 Å². The molecule has 0 bridgehead atoms. The van der Waals surface area contributed by atoms with Crippen molar-refractivity contribution in [3.8, 4) is 0 Å². The van der Waals surface area contributed by atoms with Crippen molar-refractivity contribution >= 4 is 11.8 Å². The minimum Gasteiger partial charge on any atom is -0.392 e. The standard InChI is InChI=1S/C9H18OS/c1-4-6-9(10)7-11-8(3)5-2/h4,8-10H,1,5-7H2,2-3H3. The monoisotopic (exact) mass is 174 g/mol. The Morgan fingerprint density at radius 2 is 2.27 bits per heavy atom. The Balaban J connectivity index is 3.29. The van der Waals surface area contributed by atoms with Crippen LogP contribution in [0.2, 0.25) is 0 Å². The van der Waals surface area contributed by atoms with E-state index in [2.05, 4.69) is 20.4 Å². The van der Waals surface area contributed by atoms with Crippen LogP contribution >= 0.6 is 11.8 Å². The zero-order valence-electron chi connectivity index (χ0n) is 7.42. The summed E-state index contributed by atoms with van der Waals surface area (Å²) in [4.78, 5) is 0. The van der Waals surface area contributed by atoms with Crippen LogP contribution in [0.1, 0.15) is 26.7 Å². The molecular weight excluding hydrogens is 156 g/mol. The van der Waals surface area contributed by atoms with Crippen molar-refractivity contribution in [1.82, 2.24) is 0 Å². The van der Waals surface area contributed by atoms with Gasteiger partial charge in [-0.2, -0.15) is 11.8 Å². The second-order valence-corrected chi connectivity index (χ2v) is 4.20. The SMILES string of the molecule is C=CCC(O)CSC(C)CC. The third-order valence-electron chi connectivity index (χ3n) is 1.59. The Morgan fingerprint density at radius 3 is 2.73 bits per heavy atom. The summed E-state index contributed by atoms with van der Waals surface area (Å²) in [6, 6.07) is 0. The Hall–Kier alpha value is 0.0500. The second-order valence-electron chi connectivity index (χ2n) is 2.73.